The molecule has 16 heavy (non-hydrogen) atoms. The van der Waals surface area contributed by atoms with Crippen molar-refractivity contribution in [3.8, 4) is 0 Å². The van der Waals surface area contributed by atoms with E-state index in [9.17, 15) is 0 Å². The van der Waals surface area contributed by atoms with Crippen molar-refractivity contribution in [2.75, 3.05) is 0 Å². The third-order valence-corrected chi connectivity index (χ3v) is 4.35. The van der Waals surface area contributed by atoms with Crippen LogP contribution in [0, 0.1) is 11.3 Å². The van der Waals surface area contributed by atoms with Crippen LogP contribution in [-0.4, -0.2) is 0 Å². The molecular formula is C16H28. The first kappa shape index (κ1) is 13.5. The minimum absolute atomic E-state index is 0.551. The lowest BCUT2D eigenvalue weighted by atomic mass is 9.67. The zero-order valence-electron chi connectivity index (χ0n) is 11.8. The van der Waals surface area contributed by atoms with Crippen LogP contribution in [0.25, 0.3) is 0 Å². The van der Waals surface area contributed by atoms with Crippen LogP contribution in [0.2, 0.25) is 0 Å². The zero-order chi connectivity index (χ0) is 12.2. The van der Waals surface area contributed by atoms with E-state index in [0.29, 0.717) is 5.41 Å². The average molecular weight is 220 g/mol. The Bertz CT molecular complexity index is 278. The molecule has 0 nitrogen and oxygen atoms in total. The summed E-state index contributed by atoms with van der Waals surface area (Å²) in [4.78, 5) is 0. The molecule has 0 heterocycles. The molecule has 1 aliphatic rings. The van der Waals surface area contributed by atoms with Gasteiger partial charge in [-0.3, -0.25) is 0 Å². The van der Waals surface area contributed by atoms with E-state index in [0.717, 1.165) is 5.92 Å². The lowest BCUT2D eigenvalue weighted by molar-refractivity contribution is 0.169. The molecule has 0 radical (unpaired) electrons. The first-order valence-corrected chi connectivity index (χ1v) is 6.73. The van der Waals surface area contributed by atoms with Gasteiger partial charge in [0.15, 0.2) is 0 Å². The van der Waals surface area contributed by atoms with Crippen LogP contribution in [0.5, 0.6) is 0 Å². The quantitative estimate of drug-likeness (QED) is 0.548. The lowest BCUT2D eigenvalue weighted by Crippen LogP contribution is -2.27. The largest absolute Gasteiger partial charge is 0.0859 e. The van der Waals surface area contributed by atoms with Crippen LogP contribution in [-0.2, 0) is 0 Å². The van der Waals surface area contributed by atoms with Crippen molar-refractivity contribution in [2.24, 2.45) is 11.3 Å². The summed E-state index contributed by atoms with van der Waals surface area (Å²) in [6.07, 6.45) is 11.4. The fourth-order valence-electron chi connectivity index (χ4n) is 2.51. The molecule has 0 aliphatic heterocycles. The molecule has 0 amide bonds. The Morgan fingerprint density at radius 1 is 1.50 bits per heavy atom. The van der Waals surface area contributed by atoms with Crippen LogP contribution >= 0.6 is 0 Å². The van der Waals surface area contributed by atoms with Crippen LogP contribution in [0.3, 0.4) is 0 Å². The summed E-state index contributed by atoms with van der Waals surface area (Å²) in [5.41, 5.74) is 3.60. The first-order valence-electron chi connectivity index (χ1n) is 6.73. The Morgan fingerprint density at radius 2 is 2.19 bits per heavy atom. The smallest absolute Gasteiger partial charge is 0.0262 e. The third-order valence-electron chi connectivity index (χ3n) is 4.35. The molecule has 92 valence electrons. The number of hydrogen-bond donors (Lipinski definition) is 0. The van der Waals surface area contributed by atoms with E-state index in [1.165, 1.54) is 37.7 Å². The zero-order valence-corrected chi connectivity index (χ0v) is 11.8. The summed E-state index contributed by atoms with van der Waals surface area (Å²) >= 11 is 0. The monoisotopic (exact) mass is 220 g/mol. The van der Waals surface area contributed by atoms with E-state index in [-0.39, 0.29) is 0 Å². The second kappa shape index (κ2) is 5.70. The molecule has 1 rings (SSSR count). The standard InChI is InChI=1S/C16H28/c1-13(2)7-6-8-15(4)16(5)11-9-14(3)10-12-16/h7,9,15H,6,8,10-12H2,1-5H3. The minimum Gasteiger partial charge on any atom is -0.0859 e. The molecule has 0 aromatic carbocycles. The summed E-state index contributed by atoms with van der Waals surface area (Å²) in [5, 5.41) is 0. The summed E-state index contributed by atoms with van der Waals surface area (Å²) in [6, 6.07) is 0. The van der Waals surface area contributed by atoms with E-state index >= 15 is 0 Å². The van der Waals surface area contributed by atoms with E-state index < -0.39 is 0 Å². The highest BCUT2D eigenvalue weighted by Crippen LogP contribution is 2.43. The summed E-state index contributed by atoms with van der Waals surface area (Å²) < 4.78 is 0. The predicted octanol–water partition coefficient (Wildman–Crippen LogP) is 5.51. The molecule has 0 N–H and O–H groups in total. The van der Waals surface area contributed by atoms with Gasteiger partial charge in [-0.25, -0.2) is 0 Å². The second-order valence-corrected chi connectivity index (χ2v) is 6.17. The van der Waals surface area contributed by atoms with Gasteiger partial charge in [-0.05, 0) is 64.2 Å². The van der Waals surface area contributed by atoms with Crippen LogP contribution in [0.4, 0.5) is 0 Å². The summed E-state index contributed by atoms with van der Waals surface area (Å²) in [6.45, 7) is 11.6. The Balaban J connectivity index is 2.47. The van der Waals surface area contributed by atoms with Crippen molar-refractivity contribution in [3.63, 3.8) is 0 Å². The molecule has 0 saturated heterocycles. The molecule has 0 aromatic heterocycles. The maximum atomic E-state index is 2.48. The van der Waals surface area contributed by atoms with Crippen molar-refractivity contribution in [3.05, 3.63) is 23.3 Å². The highest BCUT2D eigenvalue weighted by atomic mass is 14.4. The molecular weight excluding hydrogens is 192 g/mol. The molecule has 0 fully saturated rings. The van der Waals surface area contributed by atoms with Gasteiger partial charge in [-0.2, -0.15) is 0 Å². The van der Waals surface area contributed by atoms with Crippen LogP contribution in [0.1, 0.15) is 66.7 Å². The van der Waals surface area contributed by atoms with Crippen molar-refractivity contribution in [1.82, 2.24) is 0 Å². The van der Waals surface area contributed by atoms with Crippen molar-refractivity contribution in [2.45, 2.75) is 66.7 Å². The van der Waals surface area contributed by atoms with Gasteiger partial charge in [0.25, 0.3) is 0 Å². The van der Waals surface area contributed by atoms with Crippen LogP contribution < -0.4 is 0 Å². The molecule has 0 aromatic rings. The van der Waals surface area contributed by atoms with Gasteiger partial charge >= 0.3 is 0 Å². The average Bonchev–Trinajstić information content (AvgIpc) is 2.22. The summed E-state index contributed by atoms with van der Waals surface area (Å²) in [7, 11) is 0. The van der Waals surface area contributed by atoms with Crippen molar-refractivity contribution < 1.29 is 0 Å². The Hall–Kier alpha value is -0.520. The second-order valence-electron chi connectivity index (χ2n) is 6.17. The van der Waals surface area contributed by atoms with Gasteiger partial charge in [0.05, 0.1) is 0 Å². The summed E-state index contributed by atoms with van der Waals surface area (Å²) in [5.74, 6) is 0.840. The Kier molecular flexibility index (Phi) is 4.83. The van der Waals surface area contributed by atoms with Gasteiger partial charge in [-0.15, -0.1) is 0 Å². The van der Waals surface area contributed by atoms with Crippen molar-refractivity contribution >= 4 is 0 Å². The molecule has 2 atom stereocenters. The van der Waals surface area contributed by atoms with E-state index in [1.54, 1.807) is 5.57 Å². The number of hydrogen-bond acceptors (Lipinski definition) is 0. The van der Waals surface area contributed by atoms with Gasteiger partial charge < -0.3 is 0 Å². The van der Waals surface area contributed by atoms with Gasteiger partial charge in [-0.1, -0.05) is 37.1 Å². The molecule has 0 heteroatoms. The number of allylic oxidation sites excluding steroid dienone is 4. The first-order chi connectivity index (χ1) is 7.44. The highest BCUT2D eigenvalue weighted by molar-refractivity contribution is 5.07. The predicted molar refractivity (Wildman–Crippen MR) is 73.5 cm³/mol. The van der Waals surface area contributed by atoms with Crippen LogP contribution in [0.15, 0.2) is 23.3 Å². The number of rotatable bonds is 4. The SMILES string of the molecule is CC(C)=CCCC(C)C1(C)CC=C(C)CC1. The van der Waals surface area contributed by atoms with E-state index in [4.69, 9.17) is 0 Å². The van der Waals surface area contributed by atoms with Gasteiger partial charge in [0.2, 0.25) is 0 Å². The Morgan fingerprint density at radius 3 is 2.69 bits per heavy atom. The van der Waals surface area contributed by atoms with Gasteiger partial charge in [0.1, 0.15) is 0 Å². The molecule has 0 bridgehead atoms. The van der Waals surface area contributed by atoms with Gasteiger partial charge in [0, 0.05) is 0 Å². The molecule has 2 unspecified atom stereocenters. The maximum absolute atomic E-state index is 2.48. The normalized spacial score (nSPS) is 27.2. The van der Waals surface area contributed by atoms with E-state index in [1.807, 2.05) is 0 Å². The third kappa shape index (κ3) is 3.81. The highest BCUT2D eigenvalue weighted by Gasteiger charge is 2.31. The van der Waals surface area contributed by atoms with E-state index in [2.05, 4.69) is 46.8 Å². The molecule has 0 saturated carbocycles. The maximum Gasteiger partial charge on any atom is -0.0262 e. The topological polar surface area (TPSA) is 0 Å². The van der Waals surface area contributed by atoms with Crippen molar-refractivity contribution in [1.29, 1.82) is 0 Å². The molecule has 0 spiro atoms. The fraction of sp³-hybridized carbons (Fsp3) is 0.750. The Labute approximate surface area is 102 Å². The molecule has 1 aliphatic carbocycles. The lowest BCUT2D eigenvalue weighted by Gasteiger charge is -2.38. The minimum atomic E-state index is 0.551. The fourth-order valence-corrected chi connectivity index (χ4v) is 2.51.